The van der Waals surface area contributed by atoms with Crippen molar-refractivity contribution in [3.8, 4) is 0 Å². The molecule has 0 radical (unpaired) electrons. The van der Waals surface area contributed by atoms with Crippen LogP contribution in [-0.4, -0.2) is 11.0 Å². The normalized spacial score (nSPS) is 12.4. The van der Waals surface area contributed by atoms with E-state index in [9.17, 15) is 10.1 Å². The summed E-state index contributed by atoms with van der Waals surface area (Å²) in [6.07, 6.45) is 3.44. The predicted octanol–water partition coefficient (Wildman–Crippen LogP) is 4.03. The molecule has 0 aliphatic rings. The summed E-state index contributed by atoms with van der Waals surface area (Å²) < 4.78 is 0.867. The van der Waals surface area contributed by atoms with Gasteiger partial charge in [0.25, 0.3) is 5.69 Å². The summed E-state index contributed by atoms with van der Waals surface area (Å²) in [5, 5.41) is 14.2. The second-order valence-electron chi connectivity index (χ2n) is 4.45. The van der Waals surface area contributed by atoms with Crippen molar-refractivity contribution in [3.63, 3.8) is 0 Å². The summed E-state index contributed by atoms with van der Waals surface area (Å²) in [6.45, 7) is 4.80. The molecule has 4 nitrogen and oxygen atoms in total. The van der Waals surface area contributed by atoms with Crippen molar-refractivity contribution in [2.75, 3.05) is 0 Å². The highest BCUT2D eigenvalue weighted by atomic mass is 79.9. The number of rotatable bonds is 7. The topological polar surface area (TPSA) is 55.2 Å². The zero-order valence-electron chi connectivity index (χ0n) is 10.8. The maximum atomic E-state index is 10.9. The summed E-state index contributed by atoms with van der Waals surface area (Å²) in [5.74, 6) is 0. The van der Waals surface area contributed by atoms with Gasteiger partial charge in [0.1, 0.15) is 0 Å². The van der Waals surface area contributed by atoms with Gasteiger partial charge in [-0.3, -0.25) is 10.1 Å². The van der Waals surface area contributed by atoms with E-state index in [1.54, 1.807) is 12.1 Å². The first-order valence-corrected chi connectivity index (χ1v) is 7.00. The van der Waals surface area contributed by atoms with E-state index in [-0.39, 0.29) is 10.6 Å². The van der Waals surface area contributed by atoms with Crippen LogP contribution in [0.15, 0.2) is 22.7 Å². The second kappa shape index (κ2) is 7.48. The molecule has 1 N–H and O–H groups in total. The van der Waals surface area contributed by atoms with Crippen LogP contribution in [0.3, 0.4) is 0 Å². The fraction of sp³-hybridized carbons (Fsp3) is 0.538. The molecule has 18 heavy (non-hydrogen) atoms. The van der Waals surface area contributed by atoms with Gasteiger partial charge in [0.05, 0.1) is 4.92 Å². The molecule has 1 aromatic rings. The zero-order valence-corrected chi connectivity index (χ0v) is 12.4. The number of unbranched alkanes of at least 4 members (excludes halogenated alkanes) is 1. The highest BCUT2D eigenvalue weighted by Crippen LogP contribution is 2.23. The summed E-state index contributed by atoms with van der Waals surface area (Å²) >= 11 is 3.34. The molecule has 1 atom stereocenters. The quantitative estimate of drug-likeness (QED) is 0.610. The molecular formula is C13H19BrN2O2. The van der Waals surface area contributed by atoms with Crippen LogP contribution >= 0.6 is 15.9 Å². The van der Waals surface area contributed by atoms with E-state index < -0.39 is 0 Å². The van der Waals surface area contributed by atoms with Gasteiger partial charge in [0.2, 0.25) is 0 Å². The SMILES string of the molecule is CCCCC(C)NCc1cc(Br)ccc1[N+](=O)[O-]. The van der Waals surface area contributed by atoms with E-state index in [0.29, 0.717) is 12.6 Å². The molecule has 0 saturated carbocycles. The lowest BCUT2D eigenvalue weighted by Crippen LogP contribution is -2.25. The van der Waals surface area contributed by atoms with Gasteiger partial charge in [0, 0.05) is 28.7 Å². The van der Waals surface area contributed by atoms with Gasteiger partial charge in [-0.1, -0.05) is 35.7 Å². The number of nitrogens with zero attached hydrogens (tertiary/aromatic N) is 1. The molecule has 0 spiro atoms. The van der Waals surface area contributed by atoms with Gasteiger partial charge in [-0.25, -0.2) is 0 Å². The average Bonchev–Trinajstić information content (AvgIpc) is 2.33. The van der Waals surface area contributed by atoms with Crippen molar-refractivity contribution in [2.24, 2.45) is 0 Å². The molecule has 0 aliphatic carbocycles. The minimum absolute atomic E-state index is 0.174. The van der Waals surface area contributed by atoms with Crippen molar-refractivity contribution in [2.45, 2.75) is 45.7 Å². The van der Waals surface area contributed by atoms with E-state index in [2.05, 4.69) is 35.1 Å². The molecule has 0 aliphatic heterocycles. The first kappa shape index (κ1) is 15.1. The Balaban J connectivity index is 2.65. The number of hydrogen-bond donors (Lipinski definition) is 1. The van der Waals surface area contributed by atoms with Crippen LogP contribution in [0.5, 0.6) is 0 Å². The molecular weight excluding hydrogens is 296 g/mol. The highest BCUT2D eigenvalue weighted by Gasteiger charge is 2.14. The van der Waals surface area contributed by atoms with Gasteiger partial charge in [-0.15, -0.1) is 0 Å². The Morgan fingerprint density at radius 2 is 2.22 bits per heavy atom. The summed E-state index contributed by atoms with van der Waals surface area (Å²) in [6, 6.07) is 5.42. The second-order valence-corrected chi connectivity index (χ2v) is 5.37. The molecule has 1 aromatic carbocycles. The van der Waals surface area contributed by atoms with Gasteiger partial charge in [-0.2, -0.15) is 0 Å². The Bertz CT molecular complexity index is 410. The van der Waals surface area contributed by atoms with Gasteiger partial charge < -0.3 is 5.32 Å². The Kier molecular flexibility index (Phi) is 6.29. The van der Waals surface area contributed by atoms with E-state index in [4.69, 9.17) is 0 Å². The van der Waals surface area contributed by atoms with Crippen molar-refractivity contribution in [3.05, 3.63) is 38.3 Å². The Morgan fingerprint density at radius 1 is 1.50 bits per heavy atom. The number of nitro benzene ring substituents is 1. The first-order chi connectivity index (χ1) is 8.54. The highest BCUT2D eigenvalue weighted by molar-refractivity contribution is 9.10. The largest absolute Gasteiger partial charge is 0.310 e. The molecule has 1 rings (SSSR count). The molecule has 100 valence electrons. The smallest absolute Gasteiger partial charge is 0.273 e. The number of benzene rings is 1. The molecule has 0 fully saturated rings. The van der Waals surface area contributed by atoms with Crippen molar-refractivity contribution in [1.82, 2.24) is 5.32 Å². The van der Waals surface area contributed by atoms with E-state index in [1.807, 2.05) is 0 Å². The third kappa shape index (κ3) is 4.74. The van der Waals surface area contributed by atoms with Gasteiger partial charge in [0.15, 0.2) is 0 Å². The first-order valence-electron chi connectivity index (χ1n) is 6.20. The van der Waals surface area contributed by atoms with Crippen LogP contribution in [0, 0.1) is 10.1 Å². The zero-order chi connectivity index (χ0) is 13.5. The number of nitro groups is 1. The Labute approximate surface area is 116 Å². The molecule has 0 bridgehead atoms. The fourth-order valence-electron chi connectivity index (χ4n) is 1.77. The summed E-state index contributed by atoms with van der Waals surface area (Å²) in [5.41, 5.74) is 0.895. The molecule has 0 aromatic heterocycles. The number of nitrogens with one attached hydrogen (secondary N) is 1. The van der Waals surface area contributed by atoms with Crippen molar-refractivity contribution >= 4 is 21.6 Å². The molecule has 0 heterocycles. The Hall–Kier alpha value is -0.940. The van der Waals surface area contributed by atoms with Gasteiger partial charge >= 0.3 is 0 Å². The monoisotopic (exact) mass is 314 g/mol. The summed E-state index contributed by atoms with van der Waals surface area (Å²) in [4.78, 5) is 10.6. The van der Waals surface area contributed by atoms with Crippen LogP contribution in [0.2, 0.25) is 0 Å². The lowest BCUT2D eigenvalue weighted by atomic mass is 10.1. The lowest BCUT2D eigenvalue weighted by Gasteiger charge is -2.13. The van der Waals surface area contributed by atoms with Crippen molar-refractivity contribution in [1.29, 1.82) is 0 Å². The van der Waals surface area contributed by atoms with Crippen molar-refractivity contribution < 1.29 is 4.92 Å². The van der Waals surface area contributed by atoms with Crippen LogP contribution in [0.1, 0.15) is 38.7 Å². The number of halogens is 1. The maximum Gasteiger partial charge on any atom is 0.273 e. The fourth-order valence-corrected chi connectivity index (χ4v) is 2.18. The van der Waals surface area contributed by atoms with E-state index >= 15 is 0 Å². The predicted molar refractivity (Wildman–Crippen MR) is 76.6 cm³/mol. The molecule has 0 saturated heterocycles. The Morgan fingerprint density at radius 3 is 2.83 bits per heavy atom. The van der Waals surface area contributed by atoms with E-state index in [1.165, 1.54) is 18.9 Å². The minimum Gasteiger partial charge on any atom is -0.310 e. The summed E-state index contributed by atoms with van der Waals surface area (Å²) in [7, 11) is 0. The third-order valence-electron chi connectivity index (χ3n) is 2.87. The van der Waals surface area contributed by atoms with Crippen LogP contribution < -0.4 is 5.32 Å². The third-order valence-corrected chi connectivity index (χ3v) is 3.36. The molecule has 1 unspecified atom stereocenters. The lowest BCUT2D eigenvalue weighted by molar-refractivity contribution is -0.385. The molecule has 5 heteroatoms. The number of hydrogen-bond acceptors (Lipinski definition) is 3. The van der Waals surface area contributed by atoms with Crippen LogP contribution in [0.25, 0.3) is 0 Å². The average molecular weight is 315 g/mol. The molecule has 0 amide bonds. The maximum absolute atomic E-state index is 10.9. The van der Waals surface area contributed by atoms with E-state index in [0.717, 1.165) is 16.5 Å². The minimum atomic E-state index is -0.333. The van der Waals surface area contributed by atoms with Gasteiger partial charge in [-0.05, 0) is 25.5 Å². The standard InChI is InChI=1S/C13H19BrN2O2/c1-3-4-5-10(2)15-9-11-8-12(14)6-7-13(11)16(17)18/h6-8,10,15H,3-5,9H2,1-2H3. The van der Waals surface area contributed by atoms with Crippen LogP contribution in [0.4, 0.5) is 5.69 Å². The van der Waals surface area contributed by atoms with Crippen LogP contribution in [-0.2, 0) is 6.54 Å².